The molecule has 0 fully saturated rings. The van der Waals surface area contributed by atoms with Gasteiger partial charge in [0.25, 0.3) is 5.91 Å². The Kier molecular flexibility index (Phi) is 6.17. The number of hydrogen-bond donors (Lipinski definition) is 1. The van der Waals surface area contributed by atoms with Crippen molar-refractivity contribution in [1.29, 1.82) is 0 Å². The molecule has 0 saturated carbocycles. The third-order valence-electron chi connectivity index (χ3n) is 4.42. The molecule has 1 N–H and O–H groups in total. The van der Waals surface area contributed by atoms with Crippen molar-refractivity contribution in [2.45, 2.75) is 38.1 Å². The standard InChI is InChI=1S/C20H21NO4S/c22-17(18-9-4-12-26-18)10-11-20(24)25-13-19(23)21-16-8-3-6-14-5-1-2-7-15(14)16/h1-2,4-5,7,9,12,16H,3,6,8,10-11,13H2,(H,21,23)/t16-/m0/s1. The average molecular weight is 371 g/mol. The number of thiophene rings is 1. The first-order valence-electron chi connectivity index (χ1n) is 8.73. The van der Waals surface area contributed by atoms with E-state index in [9.17, 15) is 14.4 Å². The minimum absolute atomic E-state index is 0.0176. The highest BCUT2D eigenvalue weighted by Crippen LogP contribution is 2.29. The van der Waals surface area contributed by atoms with Crippen LogP contribution in [0.15, 0.2) is 41.8 Å². The summed E-state index contributed by atoms with van der Waals surface area (Å²) in [6, 6.07) is 11.6. The van der Waals surface area contributed by atoms with Crippen molar-refractivity contribution in [2.75, 3.05) is 6.61 Å². The zero-order chi connectivity index (χ0) is 18.4. The lowest BCUT2D eigenvalue weighted by atomic mass is 9.88. The van der Waals surface area contributed by atoms with Crippen LogP contribution in [0, 0.1) is 0 Å². The molecule has 0 aliphatic heterocycles. The maximum atomic E-state index is 12.1. The van der Waals surface area contributed by atoms with E-state index in [1.807, 2.05) is 23.6 Å². The number of hydrogen-bond acceptors (Lipinski definition) is 5. The number of Topliss-reactive ketones (excluding diaryl/α,β-unsaturated/α-hetero) is 1. The molecule has 136 valence electrons. The Morgan fingerprint density at radius 3 is 2.77 bits per heavy atom. The van der Waals surface area contributed by atoms with Gasteiger partial charge < -0.3 is 10.1 Å². The van der Waals surface area contributed by atoms with Crippen LogP contribution in [0.5, 0.6) is 0 Å². The van der Waals surface area contributed by atoms with Crippen LogP contribution in [0.1, 0.15) is 52.5 Å². The molecule has 3 rings (SSSR count). The topological polar surface area (TPSA) is 72.5 Å². The number of ketones is 1. The van der Waals surface area contributed by atoms with E-state index in [0.717, 1.165) is 24.8 Å². The van der Waals surface area contributed by atoms with Crippen LogP contribution in [-0.4, -0.2) is 24.3 Å². The smallest absolute Gasteiger partial charge is 0.306 e. The Labute approximate surface area is 156 Å². The fourth-order valence-electron chi connectivity index (χ4n) is 3.13. The van der Waals surface area contributed by atoms with Crippen LogP contribution >= 0.6 is 11.3 Å². The highest BCUT2D eigenvalue weighted by atomic mass is 32.1. The largest absolute Gasteiger partial charge is 0.456 e. The SMILES string of the molecule is O=C(COC(=O)CCC(=O)c1cccs1)N[C@H]1CCCc2ccccc21. The summed E-state index contributed by atoms with van der Waals surface area (Å²) in [7, 11) is 0. The normalized spacial score (nSPS) is 15.8. The molecule has 1 atom stereocenters. The number of rotatable bonds is 7. The highest BCUT2D eigenvalue weighted by molar-refractivity contribution is 7.12. The molecule has 1 amide bonds. The van der Waals surface area contributed by atoms with Crippen LogP contribution in [-0.2, 0) is 20.7 Å². The van der Waals surface area contributed by atoms with Crippen LogP contribution < -0.4 is 5.32 Å². The van der Waals surface area contributed by atoms with Crippen LogP contribution in [0.25, 0.3) is 0 Å². The number of benzene rings is 1. The van der Waals surface area contributed by atoms with Gasteiger partial charge in [-0.25, -0.2) is 0 Å². The van der Waals surface area contributed by atoms with Gasteiger partial charge in [-0.3, -0.25) is 14.4 Å². The van der Waals surface area contributed by atoms with Crippen LogP contribution in [0.4, 0.5) is 0 Å². The van der Waals surface area contributed by atoms with Crippen molar-refractivity contribution in [1.82, 2.24) is 5.32 Å². The highest BCUT2D eigenvalue weighted by Gasteiger charge is 2.21. The van der Waals surface area contributed by atoms with E-state index in [1.54, 1.807) is 12.1 Å². The van der Waals surface area contributed by atoms with E-state index in [1.165, 1.54) is 16.9 Å². The minimum atomic E-state index is -0.533. The van der Waals surface area contributed by atoms with Gasteiger partial charge in [0.05, 0.1) is 17.3 Å². The molecule has 2 aromatic rings. The quantitative estimate of drug-likeness (QED) is 0.598. The van der Waals surface area contributed by atoms with E-state index in [4.69, 9.17) is 4.74 Å². The first-order valence-corrected chi connectivity index (χ1v) is 9.61. The summed E-state index contributed by atoms with van der Waals surface area (Å²) >= 11 is 1.35. The molecule has 0 saturated heterocycles. The zero-order valence-corrected chi connectivity index (χ0v) is 15.2. The lowest BCUT2D eigenvalue weighted by Gasteiger charge is -2.26. The van der Waals surface area contributed by atoms with Crippen LogP contribution in [0.3, 0.4) is 0 Å². The van der Waals surface area contributed by atoms with Crippen molar-refractivity contribution in [3.8, 4) is 0 Å². The Bertz CT molecular complexity index is 785. The molecule has 1 aliphatic rings. The van der Waals surface area contributed by atoms with Crippen molar-refractivity contribution < 1.29 is 19.1 Å². The molecule has 5 nitrogen and oxygen atoms in total. The summed E-state index contributed by atoms with van der Waals surface area (Å²) in [5, 5.41) is 4.75. The van der Waals surface area contributed by atoms with Crippen molar-refractivity contribution in [3.63, 3.8) is 0 Å². The number of aryl methyl sites for hydroxylation is 1. The van der Waals surface area contributed by atoms with Gasteiger partial charge in [-0.2, -0.15) is 0 Å². The fourth-order valence-corrected chi connectivity index (χ4v) is 3.83. The molecular weight excluding hydrogens is 350 g/mol. The first kappa shape index (κ1) is 18.3. The number of carbonyl (C=O) groups is 3. The predicted octanol–water partition coefficient (Wildman–Crippen LogP) is 3.45. The van der Waals surface area contributed by atoms with E-state index in [0.29, 0.717) is 4.88 Å². The predicted molar refractivity (Wildman–Crippen MR) is 99.1 cm³/mol. The molecule has 1 aromatic carbocycles. The third-order valence-corrected chi connectivity index (χ3v) is 5.33. The van der Waals surface area contributed by atoms with E-state index >= 15 is 0 Å². The third kappa shape index (κ3) is 4.79. The second kappa shape index (κ2) is 8.76. The van der Waals surface area contributed by atoms with Crippen LogP contribution in [0.2, 0.25) is 0 Å². The Morgan fingerprint density at radius 1 is 1.12 bits per heavy atom. The Balaban J connectivity index is 1.42. The molecule has 0 bridgehead atoms. The minimum Gasteiger partial charge on any atom is -0.456 e. The number of carbonyl (C=O) groups excluding carboxylic acids is 3. The lowest BCUT2D eigenvalue weighted by molar-refractivity contribution is -0.148. The summed E-state index contributed by atoms with van der Waals surface area (Å²) in [5.41, 5.74) is 2.40. The maximum absolute atomic E-state index is 12.1. The summed E-state index contributed by atoms with van der Waals surface area (Å²) < 4.78 is 5.00. The molecular formula is C20H21NO4S. The van der Waals surface area contributed by atoms with Gasteiger partial charge >= 0.3 is 5.97 Å². The summed E-state index contributed by atoms with van der Waals surface area (Å²) in [4.78, 5) is 36.3. The number of amides is 1. The molecule has 6 heteroatoms. The summed E-state index contributed by atoms with van der Waals surface area (Å²) in [6.07, 6.45) is 3.00. The Morgan fingerprint density at radius 2 is 1.96 bits per heavy atom. The van der Waals surface area contributed by atoms with Gasteiger partial charge in [0, 0.05) is 6.42 Å². The molecule has 0 unspecified atom stereocenters. The summed E-state index contributed by atoms with van der Waals surface area (Å²) in [6.45, 7) is -0.315. The van der Waals surface area contributed by atoms with E-state index in [-0.39, 0.29) is 37.2 Å². The zero-order valence-electron chi connectivity index (χ0n) is 14.4. The Hall–Kier alpha value is -2.47. The van der Waals surface area contributed by atoms with Gasteiger partial charge in [-0.15, -0.1) is 11.3 Å². The molecule has 26 heavy (non-hydrogen) atoms. The molecule has 0 radical (unpaired) electrons. The monoisotopic (exact) mass is 371 g/mol. The molecule has 1 aromatic heterocycles. The summed E-state index contributed by atoms with van der Waals surface area (Å²) in [5.74, 6) is -0.932. The first-order chi connectivity index (χ1) is 12.6. The second-order valence-electron chi connectivity index (χ2n) is 6.27. The second-order valence-corrected chi connectivity index (χ2v) is 7.22. The van der Waals surface area contributed by atoms with Gasteiger partial charge in [-0.05, 0) is 41.8 Å². The fraction of sp³-hybridized carbons (Fsp3) is 0.350. The molecule has 1 heterocycles. The number of fused-ring (bicyclic) bond motifs is 1. The van der Waals surface area contributed by atoms with E-state index < -0.39 is 5.97 Å². The number of esters is 1. The van der Waals surface area contributed by atoms with Gasteiger partial charge in [0.15, 0.2) is 12.4 Å². The lowest BCUT2D eigenvalue weighted by Crippen LogP contribution is -2.34. The van der Waals surface area contributed by atoms with Gasteiger partial charge in [0.1, 0.15) is 0 Å². The van der Waals surface area contributed by atoms with E-state index in [2.05, 4.69) is 11.4 Å². The molecule has 0 spiro atoms. The number of ether oxygens (including phenoxy) is 1. The van der Waals surface area contributed by atoms with Gasteiger partial charge in [-0.1, -0.05) is 30.3 Å². The number of nitrogens with one attached hydrogen (secondary N) is 1. The van der Waals surface area contributed by atoms with Crippen molar-refractivity contribution >= 4 is 29.0 Å². The maximum Gasteiger partial charge on any atom is 0.306 e. The molecule has 1 aliphatic carbocycles. The van der Waals surface area contributed by atoms with Gasteiger partial charge in [0.2, 0.25) is 0 Å². The van der Waals surface area contributed by atoms with Crippen molar-refractivity contribution in [2.24, 2.45) is 0 Å². The van der Waals surface area contributed by atoms with Crippen molar-refractivity contribution in [3.05, 3.63) is 57.8 Å². The average Bonchev–Trinajstić information content (AvgIpc) is 3.19.